The van der Waals surface area contributed by atoms with Gasteiger partial charge in [-0.3, -0.25) is 24.7 Å². The molecular weight excluding hydrogens is 1550 g/mol. The van der Waals surface area contributed by atoms with Crippen LogP contribution in [0.25, 0.3) is 9.69 Å². The van der Waals surface area contributed by atoms with Crippen LogP contribution in [-0.2, 0) is 83.4 Å². The van der Waals surface area contributed by atoms with Gasteiger partial charge in [0.15, 0.2) is 0 Å². The van der Waals surface area contributed by atoms with Crippen LogP contribution in [0.5, 0.6) is 0 Å². The first-order valence-corrected chi connectivity index (χ1v) is 39.0. The number of hydrogen-bond acceptors (Lipinski definition) is 22. The highest BCUT2D eigenvalue weighted by molar-refractivity contribution is 9.10. The molecule has 5 spiro atoms. The van der Waals surface area contributed by atoms with E-state index in [9.17, 15) is 51.2 Å². The summed E-state index contributed by atoms with van der Waals surface area (Å²) in [7, 11) is 2.59. The van der Waals surface area contributed by atoms with E-state index in [4.69, 9.17) is 60.5 Å². The maximum atomic E-state index is 13.3. The fraction of sp³-hybridized carbons (Fsp3) is 0.580. The van der Waals surface area contributed by atoms with Gasteiger partial charge in [-0.05, 0) is 159 Å². The molecule has 10 aliphatic rings. The van der Waals surface area contributed by atoms with Crippen LogP contribution in [0.3, 0.4) is 0 Å². The smallest absolute Gasteiger partial charge is 0.391 e. The van der Waals surface area contributed by atoms with E-state index < -0.39 is 34.8 Å². The van der Waals surface area contributed by atoms with Gasteiger partial charge in [0.2, 0.25) is 0 Å². The summed E-state index contributed by atoms with van der Waals surface area (Å²) in [5, 5.41) is 27.6. The van der Waals surface area contributed by atoms with Gasteiger partial charge in [0, 0.05) is 156 Å². The van der Waals surface area contributed by atoms with Crippen molar-refractivity contribution in [1.82, 2.24) is 24.9 Å². The second-order valence-corrected chi connectivity index (χ2v) is 31.0. The third kappa shape index (κ3) is 22.1. The minimum absolute atomic E-state index is 0.178. The quantitative estimate of drug-likeness (QED) is 0.0413. The van der Waals surface area contributed by atoms with Crippen molar-refractivity contribution in [2.75, 3.05) is 113 Å². The highest BCUT2D eigenvalue weighted by atomic mass is 79.9. The van der Waals surface area contributed by atoms with Gasteiger partial charge in [-0.15, -0.1) is 0 Å². The molecule has 112 heavy (non-hydrogen) atoms. The molecule has 15 rings (SSSR count). The molecule has 1 saturated carbocycles. The number of esters is 2. The van der Waals surface area contributed by atoms with Crippen molar-refractivity contribution in [1.29, 1.82) is 15.8 Å². The molecule has 5 aromatic heterocycles. The normalized spacial score (nSPS) is 29.9. The number of carbonyl (C=O) groups is 2. The molecule has 31 heteroatoms. The van der Waals surface area contributed by atoms with Crippen molar-refractivity contribution >= 4 is 40.0 Å². The lowest BCUT2D eigenvalue weighted by Crippen LogP contribution is -2.55. The number of halogens is 7. The van der Waals surface area contributed by atoms with E-state index in [2.05, 4.69) is 73.5 Å². The van der Waals surface area contributed by atoms with Crippen molar-refractivity contribution in [3.8, 4) is 18.2 Å². The van der Waals surface area contributed by atoms with Crippen molar-refractivity contribution in [3.05, 3.63) is 182 Å². The number of aromatic nitrogens is 5. The Bertz CT molecular complexity index is 3890. The lowest BCUT2D eigenvalue weighted by Gasteiger charge is -2.44. The van der Waals surface area contributed by atoms with E-state index >= 15 is 0 Å². The van der Waals surface area contributed by atoms with E-state index in [-0.39, 0.29) is 79.6 Å². The molecule has 14 heterocycles. The van der Waals surface area contributed by atoms with Crippen LogP contribution in [0, 0.1) is 81.6 Å². The molecule has 5 aromatic rings. The molecule has 0 N–H and O–H groups in total. The van der Waals surface area contributed by atoms with E-state index in [1.807, 2.05) is 0 Å². The number of pyridine rings is 5. The summed E-state index contributed by atoms with van der Waals surface area (Å²) in [6, 6.07) is 20.8. The molecule has 0 radical (unpaired) electrons. The third-order valence-corrected chi connectivity index (χ3v) is 23.1. The number of rotatable bonds is 10. The van der Waals surface area contributed by atoms with Crippen LogP contribution < -0.4 is 0 Å². The monoisotopic (exact) mass is 1640 g/mol. The molecule has 10 atom stereocenters. The zero-order valence-electron chi connectivity index (χ0n) is 63.1. The molecular formula is C81H93BrF6N10O13S. The number of ether oxygens (including phenoxy) is 11. The fourth-order valence-corrected chi connectivity index (χ4v) is 17.3. The van der Waals surface area contributed by atoms with E-state index in [1.165, 1.54) is 69.4 Å². The Morgan fingerprint density at radius 2 is 0.875 bits per heavy atom. The molecule has 10 fully saturated rings. The molecule has 9 aliphatic heterocycles. The van der Waals surface area contributed by atoms with Gasteiger partial charge in [-0.2, -0.15) is 19.7 Å². The van der Waals surface area contributed by atoms with Crippen molar-refractivity contribution in [3.63, 3.8) is 0 Å². The summed E-state index contributed by atoms with van der Waals surface area (Å²) >= 11 is 3.32. The average molecular weight is 1640 g/mol. The summed E-state index contributed by atoms with van der Waals surface area (Å²) in [6.07, 6.45) is 21.8. The van der Waals surface area contributed by atoms with Gasteiger partial charge >= 0.3 is 18.0 Å². The maximum Gasteiger partial charge on any atom is 0.391 e. The van der Waals surface area contributed by atoms with Gasteiger partial charge in [0.25, 0.3) is 5.70 Å². The van der Waals surface area contributed by atoms with Gasteiger partial charge < -0.3 is 57.0 Å². The topological polar surface area (TPSA) is 280 Å². The SMILES string of the molecule is CSF.Fc1ccc(Br)nc1.N#CCC1(c2ccc(F)cn2)CCOC2(CCOC2)C1.N#CC[C@@]1(c2ccc(F)cn2)CCO[C@@]2(CCOC2)C1.N#CC[C@]1(c2ccc(F)cn2)CCO[C@]2(CCOC2)C1.[C-]#[N+]/C(C(=O)OC)=C1\CCCC2(CCOC2)C1.[C-]#[N+]C(C(=O)OC)C1(c2ccc(F)cn2)CCOC2(CCOC2)C1. The highest BCUT2D eigenvalue weighted by Gasteiger charge is 2.60. The fourth-order valence-electron chi connectivity index (χ4n) is 17.1. The number of nitriles is 3. The van der Waals surface area contributed by atoms with Gasteiger partial charge in [0.1, 0.15) is 39.1 Å². The number of methoxy groups -OCH3 is 2. The van der Waals surface area contributed by atoms with Crippen LogP contribution in [0.4, 0.5) is 25.8 Å². The molecule has 23 nitrogen and oxygen atoms in total. The Balaban J connectivity index is 0.000000156. The number of carbonyl (C=O) groups excluding carboxylic acids is 2. The van der Waals surface area contributed by atoms with Crippen LogP contribution in [0.2, 0.25) is 0 Å². The second kappa shape index (κ2) is 40.8. The third-order valence-electron chi connectivity index (χ3n) is 22.7. The zero-order chi connectivity index (χ0) is 80.4. The van der Waals surface area contributed by atoms with E-state index in [0.717, 1.165) is 119 Å². The molecule has 0 aromatic carbocycles. The zero-order valence-corrected chi connectivity index (χ0v) is 65.5. The maximum absolute atomic E-state index is 13.3. The lowest BCUT2D eigenvalue weighted by molar-refractivity contribution is -0.148. The number of hydrogen-bond donors (Lipinski definition) is 0. The van der Waals surface area contributed by atoms with Crippen molar-refractivity contribution in [2.45, 2.75) is 179 Å². The summed E-state index contributed by atoms with van der Waals surface area (Å²) in [5.74, 6) is -2.94. The Morgan fingerprint density at radius 3 is 1.18 bits per heavy atom. The summed E-state index contributed by atoms with van der Waals surface area (Å²) in [4.78, 5) is 51.2. The van der Waals surface area contributed by atoms with E-state index in [0.29, 0.717) is 147 Å². The largest absolute Gasteiger partial charge is 0.474 e. The highest BCUT2D eigenvalue weighted by Crippen LogP contribution is 2.52. The Kier molecular flexibility index (Phi) is 32.0. The lowest BCUT2D eigenvalue weighted by atomic mass is 9.65. The standard InChI is InChI=1S/C17H19FN2O4.3C15H17FN2O2.C13H17NO3.C5H3BrFN.CH3FS/c1-19-14(15(21)22-2)17(13-4-3-12(18)9-20-13)6-8-24-16(10-17)5-7-23-11-16;3*16-12-1-2-13(18-9-12)14(3-6-17)4-8-20-15(10-14)5-7-19-11-15;1-14-11(12(15)16-2)10-4-3-5-13(8-10)6-7-17-9-13;6-5-2-1-4(7)3-8-5;1-3-2/h3-4,9,14H,5-8,10-11H2,2H3;3*1-2,9H,3-5,7-8,10-11H2;3-9H2,2H3;1-3H;1H3/b;;;;11-10+;;/t;2*14-,15+;;;;/m.10..../s1. The molecule has 9 saturated heterocycles. The summed E-state index contributed by atoms with van der Waals surface area (Å²) in [5.41, 5.74) is 0.836. The Morgan fingerprint density at radius 1 is 0.509 bits per heavy atom. The number of allylic oxidation sites excluding steroid dienone is 1. The van der Waals surface area contributed by atoms with Gasteiger partial charge in [-0.1, -0.05) is 12.0 Å². The van der Waals surface area contributed by atoms with Crippen LogP contribution >= 0.6 is 28.1 Å². The van der Waals surface area contributed by atoms with Crippen LogP contribution in [0.15, 0.2) is 108 Å². The molecule has 1 aliphatic carbocycles. The van der Waals surface area contributed by atoms with Crippen molar-refractivity contribution < 1.29 is 87.5 Å². The predicted molar refractivity (Wildman–Crippen MR) is 398 cm³/mol. The molecule has 600 valence electrons. The van der Waals surface area contributed by atoms with Crippen molar-refractivity contribution in [2.24, 2.45) is 5.41 Å². The first-order chi connectivity index (χ1) is 54.0. The number of nitrogens with zero attached hydrogens (tertiary/aromatic N) is 10. The molecule has 6 unspecified atom stereocenters. The minimum atomic E-state index is -1.05. The first kappa shape index (κ1) is 87.9. The Hall–Kier alpha value is -8.07. The average Bonchev–Trinajstić information content (AvgIpc) is 1.29. The van der Waals surface area contributed by atoms with E-state index in [1.54, 1.807) is 30.3 Å². The minimum Gasteiger partial charge on any atom is -0.474 e. The van der Waals surface area contributed by atoms with Gasteiger partial charge in [0.05, 0.1) is 131 Å². The molecule has 0 bridgehead atoms. The van der Waals surface area contributed by atoms with Crippen LogP contribution in [0.1, 0.15) is 151 Å². The summed E-state index contributed by atoms with van der Waals surface area (Å²) < 4.78 is 136. The Labute approximate surface area is 662 Å². The second-order valence-electron chi connectivity index (χ2n) is 29.9. The van der Waals surface area contributed by atoms with Gasteiger partial charge in [-0.25, -0.2) is 43.1 Å². The summed E-state index contributed by atoms with van der Waals surface area (Å²) in [6.45, 7) is 23.2. The predicted octanol–water partition coefficient (Wildman–Crippen LogP) is 14.4. The molecule has 0 amide bonds. The first-order valence-electron chi connectivity index (χ1n) is 37.1. The van der Waals surface area contributed by atoms with Crippen LogP contribution in [-0.4, -0.2) is 178 Å².